The van der Waals surface area contributed by atoms with Gasteiger partial charge < -0.3 is 15.0 Å². The molecular weight excluding hydrogens is 312 g/mol. The molecule has 2 aromatic rings. The molecule has 2 aromatic carbocycles. The summed E-state index contributed by atoms with van der Waals surface area (Å²) < 4.78 is 5.23. The maximum Gasteiger partial charge on any atom is 0.230 e. The van der Waals surface area contributed by atoms with Crippen LogP contribution in [-0.4, -0.2) is 38.6 Å². The lowest BCUT2D eigenvalue weighted by Crippen LogP contribution is -2.40. The molecule has 0 bridgehead atoms. The second-order valence-electron chi connectivity index (χ2n) is 6.91. The second-order valence-corrected chi connectivity index (χ2v) is 6.91. The van der Waals surface area contributed by atoms with Gasteiger partial charge in [0.05, 0.1) is 18.6 Å². The van der Waals surface area contributed by atoms with Crippen molar-refractivity contribution >= 4 is 5.91 Å². The number of benzene rings is 2. The third-order valence-corrected chi connectivity index (χ3v) is 5.09. The fourth-order valence-corrected chi connectivity index (χ4v) is 3.31. The van der Waals surface area contributed by atoms with Crippen LogP contribution in [0.2, 0.25) is 0 Å². The average Bonchev–Trinajstić information content (AvgIpc) is 3.45. The number of amides is 1. The maximum atomic E-state index is 12.8. The van der Waals surface area contributed by atoms with E-state index in [-0.39, 0.29) is 17.4 Å². The van der Waals surface area contributed by atoms with E-state index in [1.54, 1.807) is 7.11 Å². The van der Waals surface area contributed by atoms with E-state index < -0.39 is 0 Å². The Morgan fingerprint density at radius 2 is 1.76 bits per heavy atom. The number of hydrogen-bond acceptors (Lipinski definition) is 3. The van der Waals surface area contributed by atoms with Crippen molar-refractivity contribution in [2.45, 2.75) is 24.3 Å². The fourth-order valence-electron chi connectivity index (χ4n) is 3.31. The van der Waals surface area contributed by atoms with Crippen LogP contribution >= 0.6 is 0 Å². The molecule has 132 valence electrons. The summed E-state index contributed by atoms with van der Waals surface area (Å²) in [6, 6.07) is 18.3. The highest BCUT2D eigenvalue weighted by Gasteiger charge is 2.51. The van der Waals surface area contributed by atoms with Gasteiger partial charge in [-0.1, -0.05) is 42.5 Å². The van der Waals surface area contributed by atoms with E-state index in [1.165, 1.54) is 0 Å². The first kappa shape index (κ1) is 17.5. The van der Waals surface area contributed by atoms with Crippen molar-refractivity contribution in [2.24, 2.45) is 0 Å². The molecule has 1 fully saturated rings. The molecule has 4 heteroatoms. The van der Waals surface area contributed by atoms with Crippen LogP contribution in [0.1, 0.15) is 30.0 Å². The van der Waals surface area contributed by atoms with E-state index in [4.69, 9.17) is 4.74 Å². The Labute approximate surface area is 149 Å². The molecule has 4 nitrogen and oxygen atoms in total. The first-order chi connectivity index (χ1) is 12.1. The van der Waals surface area contributed by atoms with Gasteiger partial charge in [0, 0.05) is 6.54 Å². The van der Waals surface area contributed by atoms with Crippen LogP contribution in [0.25, 0.3) is 0 Å². The van der Waals surface area contributed by atoms with Gasteiger partial charge in [-0.15, -0.1) is 0 Å². The van der Waals surface area contributed by atoms with Crippen LogP contribution in [0.15, 0.2) is 54.6 Å². The lowest BCUT2D eigenvalue weighted by molar-refractivity contribution is -0.123. The average molecular weight is 338 g/mol. The number of ether oxygens (including phenoxy) is 1. The SMILES string of the molecule is COc1ccc(C(CNC(=O)C2(c3ccccc3)CC2)N(C)C)cc1. The summed E-state index contributed by atoms with van der Waals surface area (Å²) in [6.07, 6.45) is 1.86. The first-order valence-electron chi connectivity index (χ1n) is 8.71. The minimum atomic E-state index is -0.321. The standard InChI is InChI=1S/C21H26N2O2/c1-23(2)19(16-9-11-18(25-3)12-10-16)15-22-20(24)21(13-14-21)17-7-5-4-6-8-17/h4-12,19H,13-15H2,1-3H3,(H,22,24). The van der Waals surface area contributed by atoms with E-state index >= 15 is 0 Å². The van der Waals surface area contributed by atoms with Crippen molar-refractivity contribution < 1.29 is 9.53 Å². The van der Waals surface area contributed by atoms with Crippen LogP contribution in [0.4, 0.5) is 0 Å². The summed E-state index contributed by atoms with van der Waals surface area (Å²) in [5, 5.41) is 3.18. The number of carbonyl (C=O) groups is 1. The summed E-state index contributed by atoms with van der Waals surface area (Å²) in [5.41, 5.74) is 1.96. The maximum absolute atomic E-state index is 12.8. The van der Waals surface area contributed by atoms with E-state index in [0.717, 1.165) is 29.7 Å². The Hall–Kier alpha value is -2.33. The molecule has 1 aliphatic carbocycles. The van der Waals surface area contributed by atoms with Crippen molar-refractivity contribution in [3.63, 3.8) is 0 Å². The van der Waals surface area contributed by atoms with E-state index in [1.807, 2.05) is 44.4 Å². The van der Waals surface area contributed by atoms with Crippen molar-refractivity contribution in [3.8, 4) is 5.75 Å². The quantitative estimate of drug-likeness (QED) is 0.843. The smallest absolute Gasteiger partial charge is 0.230 e. The summed E-state index contributed by atoms with van der Waals surface area (Å²) >= 11 is 0. The molecule has 1 unspecified atom stereocenters. The van der Waals surface area contributed by atoms with E-state index in [9.17, 15) is 4.79 Å². The topological polar surface area (TPSA) is 41.6 Å². The molecule has 1 amide bonds. The lowest BCUT2D eigenvalue weighted by Gasteiger charge is -2.26. The highest BCUT2D eigenvalue weighted by atomic mass is 16.5. The molecule has 3 rings (SSSR count). The fraction of sp³-hybridized carbons (Fsp3) is 0.381. The second kappa shape index (κ2) is 7.28. The molecule has 0 heterocycles. The molecule has 0 saturated heterocycles. The molecule has 0 aliphatic heterocycles. The van der Waals surface area contributed by atoms with Gasteiger partial charge in [0.25, 0.3) is 0 Å². The normalized spacial score (nSPS) is 16.3. The third-order valence-electron chi connectivity index (χ3n) is 5.09. The number of nitrogens with zero attached hydrogens (tertiary/aromatic N) is 1. The molecule has 0 radical (unpaired) electrons. The van der Waals surface area contributed by atoms with Crippen LogP contribution in [0, 0.1) is 0 Å². The number of methoxy groups -OCH3 is 1. The van der Waals surface area contributed by atoms with E-state index in [0.29, 0.717) is 6.54 Å². The zero-order valence-electron chi connectivity index (χ0n) is 15.2. The molecule has 0 aromatic heterocycles. The lowest BCUT2D eigenvalue weighted by atomic mass is 9.95. The summed E-state index contributed by atoms with van der Waals surface area (Å²) in [5.74, 6) is 0.977. The van der Waals surface area contributed by atoms with Gasteiger partial charge in [-0.25, -0.2) is 0 Å². The number of likely N-dealkylation sites (N-methyl/N-ethyl adjacent to an activating group) is 1. The monoisotopic (exact) mass is 338 g/mol. The van der Waals surface area contributed by atoms with Crippen LogP contribution in [0.3, 0.4) is 0 Å². The summed E-state index contributed by atoms with van der Waals surface area (Å²) in [7, 11) is 5.73. The van der Waals surface area contributed by atoms with E-state index in [2.05, 4.69) is 34.5 Å². The van der Waals surface area contributed by atoms with Gasteiger partial charge in [-0.05, 0) is 50.2 Å². The predicted octanol–water partition coefficient (Wildman–Crippen LogP) is 3.15. The summed E-state index contributed by atoms with van der Waals surface area (Å²) in [4.78, 5) is 15.0. The Balaban J connectivity index is 1.68. The van der Waals surface area contributed by atoms with Gasteiger partial charge in [-0.2, -0.15) is 0 Å². The minimum Gasteiger partial charge on any atom is -0.497 e. The highest BCUT2D eigenvalue weighted by Crippen LogP contribution is 2.48. The van der Waals surface area contributed by atoms with Crippen LogP contribution in [0.5, 0.6) is 5.75 Å². The summed E-state index contributed by atoms with van der Waals surface area (Å²) in [6.45, 7) is 0.590. The largest absolute Gasteiger partial charge is 0.497 e. The highest BCUT2D eigenvalue weighted by molar-refractivity contribution is 5.91. The Morgan fingerprint density at radius 1 is 1.12 bits per heavy atom. The van der Waals surface area contributed by atoms with Crippen molar-refractivity contribution in [1.82, 2.24) is 10.2 Å². The van der Waals surface area contributed by atoms with Crippen LogP contribution < -0.4 is 10.1 Å². The van der Waals surface area contributed by atoms with Crippen molar-refractivity contribution in [1.29, 1.82) is 0 Å². The van der Waals surface area contributed by atoms with Crippen molar-refractivity contribution in [3.05, 3.63) is 65.7 Å². The zero-order chi connectivity index (χ0) is 17.9. The van der Waals surface area contributed by atoms with Crippen molar-refractivity contribution in [2.75, 3.05) is 27.7 Å². The molecule has 1 N–H and O–H groups in total. The Bertz CT molecular complexity index is 706. The third kappa shape index (κ3) is 3.69. The van der Waals surface area contributed by atoms with Gasteiger partial charge in [0.15, 0.2) is 0 Å². The van der Waals surface area contributed by atoms with Crippen LogP contribution in [-0.2, 0) is 10.2 Å². The first-order valence-corrected chi connectivity index (χ1v) is 8.71. The van der Waals surface area contributed by atoms with Gasteiger partial charge in [0.1, 0.15) is 5.75 Å². The molecular formula is C21H26N2O2. The molecule has 1 aliphatic rings. The molecule has 1 atom stereocenters. The Kier molecular flexibility index (Phi) is 5.09. The zero-order valence-corrected chi connectivity index (χ0v) is 15.2. The number of carbonyl (C=O) groups excluding carboxylic acids is 1. The predicted molar refractivity (Wildman–Crippen MR) is 99.8 cm³/mol. The molecule has 0 spiro atoms. The Morgan fingerprint density at radius 3 is 2.28 bits per heavy atom. The number of rotatable bonds is 7. The number of hydrogen-bond donors (Lipinski definition) is 1. The van der Waals surface area contributed by atoms with Gasteiger partial charge >= 0.3 is 0 Å². The minimum absolute atomic E-state index is 0.126. The molecule has 1 saturated carbocycles. The number of nitrogens with one attached hydrogen (secondary N) is 1. The molecule has 25 heavy (non-hydrogen) atoms. The van der Waals surface area contributed by atoms with Gasteiger partial charge in [0.2, 0.25) is 5.91 Å². The van der Waals surface area contributed by atoms with Gasteiger partial charge in [-0.3, -0.25) is 4.79 Å².